The van der Waals surface area contributed by atoms with Gasteiger partial charge in [-0.15, -0.1) is 0 Å². The number of carbonyl (C=O) groups is 1. The normalized spacial score (nSPS) is 16.0. The van der Waals surface area contributed by atoms with Crippen LogP contribution < -0.4 is 5.32 Å². The van der Waals surface area contributed by atoms with Gasteiger partial charge in [0.05, 0.1) is 18.2 Å². The van der Waals surface area contributed by atoms with Gasteiger partial charge in [-0.2, -0.15) is 5.26 Å². The molecule has 1 aromatic rings. The summed E-state index contributed by atoms with van der Waals surface area (Å²) in [7, 11) is 0. The Balaban J connectivity index is 1.69. The second kappa shape index (κ2) is 9.29. The summed E-state index contributed by atoms with van der Waals surface area (Å²) < 4.78 is 0. The monoisotopic (exact) mass is 314 g/mol. The molecule has 5 heteroatoms. The molecule has 23 heavy (non-hydrogen) atoms. The van der Waals surface area contributed by atoms with Crippen molar-refractivity contribution in [2.45, 2.75) is 26.3 Å². The lowest BCUT2D eigenvalue weighted by Crippen LogP contribution is -2.49. The molecule has 0 aromatic heterocycles. The van der Waals surface area contributed by atoms with Gasteiger partial charge in [-0.3, -0.25) is 14.6 Å². The highest BCUT2D eigenvalue weighted by Gasteiger charge is 2.18. The van der Waals surface area contributed by atoms with E-state index >= 15 is 0 Å². The zero-order chi connectivity index (χ0) is 16.5. The highest BCUT2D eigenvalue weighted by molar-refractivity contribution is 5.77. The van der Waals surface area contributed by atoms with Crippen LogP contribution in [0.5, 0.6) is 0 Å². The van der Waals surface area contributed by atoms with Crippen molar-refractivity contribution in [3.05, 3.63) is 35.4 Å². The van der Waals surface area contributed by atoms with Crippen molar-refractivity contribution in [1.29, 1.82) is 5.26 Å². The largest absolute Gasteiger partial charge is 0.355 e. The van der Waals surface area contributed by atoms with Crippen LogP contribution in [0.15, 0.2) is 24.3 Å². The first-order chi connectivity index (χ1) is 11.2. The smallest absolute Gasteiger partial charge is 0.234 e. The lowest BCUT2D eigenvalue weighted by Gasteiger charge is -2.34. The molecule has 0 saturated carbocycles. The summed E-state index contributed by atoms with van der Waals surface area (Å²) in [5, 5.41) is 11.8. The van der Waals surface area contributed by atoms with Crippen LogP contribution in [0, 0.1) is 11.3 Å². The van der Waals surface area contributed by atoms with E-state index in [2.05, 4.69) is 28.1 Å². The third-order valence-electron chi connectivity index (χ3n) is 4.17. The fourth-order valence-electron chi connectivity index (χ4n) is 2.71. The Labute approximate surface area is 138 Å². The Morgan fingerprint density at radius 2 is 1.83 bits per heavy atom. The van der Waals surface area contributed by atoms with E-state index in [-0.39, 0.29) is 5.91 Å². The van der Waals surface area contributed by atoms with Crippen molar-refractivity contribution >= 4 is 5.91 Å². The molecule has 1 aliphatic heterocycles. The minimum Gasteiger partial charge on any atom is -0.355 e. The Morgan fingerprint density at radius 1 is 1.17 bits per heavy atom. The molecule has 0 aliphatic carbocycles. The maximum absolute atomic E-state index is 11.8. The minimum absolute atomic E-state index is 0.138. The highest BCUT2D eigenvalue weighted by Crippen LogP contribution is 2.09. The number of hydrogen-bond acceptors (Lipinski definition) is 4. The molecule has 1 aromatic carbocycles. The SMILES string of the molecule is CCCCNC(=O)CN1CCN(Cc2ccc(C#N)cc2)CC1. The van der Waals surface area contributed by atoms with E-state index in [9.17, 15) is 4.79 Å². The van der Waals surface area contributed by atoms with Crippen molar-refractivity contribution in [3.63, 3.8) is 0 Å². The topological polar surface area (TPSA) is 59.4 Å². The van der Waals surface area contributed by atoms with Gasteiger partial charge >= 0.3 is 0 Å². The summed E-state index contributed by atoms with van der Waals surface area (Å²) in [5.41, 5.74) is 1.93. The molecule has 124 valence electrons. The second-order valence-electron chi connectivity index (χ2n) is 6.06. The Hall–Kier alpha value is -1.90. The number of piperazine rings is 1. The first kappa shape index (κ1) is 17.5. The molecule has 0 bridgehead atoms. The van der Waals surface area contributed by atoms with Gasteiger partial charge in [0.25, 0.3) is 0 Å². The van der Waals surface area contributed by atoms with Gasteiger partial charge < -0.3 is 5.32 Å². The molecule has 2 rings (SSSR count). The fourth-order valence-corrected chi connectivity index (χ4v) is 2.71. The summed E-state index contributed by atoms with van der Waals surface area (Å²) in [4.78, 5) is 16.4. The van der Waals surface area contributed by atoms with Crippen molar-refractivity contribution in [2.75, 3.05) is 39.3 Å². The van der Waals surface area contributed by atoms with Crippen molar-refractivity contribution < 1.29 is 4.79 Å². The molecule has 1 saturated heterocycles. The average Bonchev–Trinajstić information content (AvgIpc) is 2.57. The number of hydrogen-bond donors (Lipinski definition) is 1. The summed E-state index contributed by atoms with van der Waals surface area (Å²) in [6.45, 7) is 8.13. The van der Waals surface area contributed by atoms with Crippen molar-refractivity contribution in [1.82, 2.24) is 15.1 Å². The second-order valence-corrected chi connectivity index (χ2v) is 6.06. The van der Waals surface area contributed by atoms with Gasteiger partial charge in [0.15, 0.2) is 0 Å². The van der Waals surface area contributed by atoms with E-state index in [0.29, 0.717) is 12.1 Å². The van der Waals surface area contributed by atoms with Gasteiger partial charge in [0.1, 0.15) is 0 Å². The first-order valence-corrected chi connectivity index (χ1v) is 8.41. The van der Waals surface area contributed by atoms with E-state index in [1.54, 1.807) is 0 Å². The minimum atomic E-state index is 0.138. The number of nitrogens with zero attached hydrogens (tertiary/aromatic N) is 3. The number of rotatable bonds is 7. The van der Waals surface area contributed by atoms with Gasteiger partial charge in [0, 0.05) is 39.3 Å². The quantitative estimate of drug-likeness (QED) is 0.777. The van der Waals surface area contributed by atoms with E-state index in [4.69, 9.17) is 5.26 Å². The number of benzene rings is 1. The van der Waals surface area contributed by atoms with Gasteiger partial charge in [0.2, 0.25) is 5.91 Å². The van der Waals surface area contributed by atoms with Crippen LogP contribution in [0.25, 0.3) is 0 Å². The van der Waals surface area contributed by atoms with Gasteiger partial charge in [-0.1, -0.05) is 25.5 Å². The van der Waals surface area contributed by atoms with Gasteiger partial charge in [-0.25, -0.2) is 0 Å². The predicted octanol–water partition coefficient (Wildman–Crippen LogP) is 1.59. The van der Waals surface area contributed by atoms with E-state index in [1.807, 2.05) is 24.3 Å². The fraction of sp³-hybridized carbons (Fsp3) is 0.556. The number of nitrogens with one attached hydrogen (secondary N) is 1. The van der Waals surface area contributed by atoms with Crippen LogP contribution in [0.2, 0.25) is 0 Å². The number of carbonyl (C=O) groups excluding carboxylic acids is 1. The van der Waals surface area contributed by atoms with E-state index < -0.39 is 0 Å². The van der Waals surface area contributed by atoms with Crippen LogP contribution in [-0.4, -0.2) is 55.0 Å². The molecule has 1 aliphatic rings. The molecule has 0 spiro atoms. The number of amides is 1. The summed E-state index contributed by atoms with van der Waals surface area (Å²) in [6, 6.07) is 9.92. The van der Waals surface area contributed by atoms with Crippen LogP contribution in [0.3, 0.4) is 0 Å². The van der Waals surface area contributed by atoms with E-state index in [0.717, 1.165) is 52.1 Å². The van der Waals surface area contributed by atoms with Crippen LogP contribution in [-0.2, 0) is 11.3 Å². The Bertz CT molecular complexity index is 527. The standard InChI is InChI=1S/C18H26N4O/c1-2-3-8-20-18(23)15-22-11-9-21(10-12-22)14-17-6-4-16(13-19)5-7-17/h4-7H,2-3,8-12,14-15H2,1H3,(H,20,23). The molecular formula is C18H26N4O. The number of unbranched alkanes of at least 4 members (excludes halogenated alkanes) is 1. The molecule has 1 heterocycles. The molecule has 1 amide bonds. The van der Waals surface area contributed by atoms with E-state index in [1.165, 1.54) is 5.56 Å². The molecule has 1 fully saturated rings. The predicted molar refractivity (Wildman–Crippen MR) is 90.8 cm³/mol. The molecule has 0 unspecified atom stereocenters. The van der Waals surface area contributed by atoms with Crippen molar-refractivity contribution in [2.24, 2.45) is 0 Å². The molecule has 1 N–H and O–H groups in total. The highest BCUT2D eigenvalue weighted by atomic mass is 16.2. The summed E-state index contributed by atoms with van der Waals surface area (Å²) in [5.74, 6) is 0.138. The zero-order valence-corrected chi connectivity index (χ0v) is 13.9. The first-order valence-electron chi connectivity index (χ1n) is 8.41. The van der Waals surface area contributed by atoms with Crippen LogP contribution in [0.4, 0.5) is 0 Å². The summed E-state index contributed by atoms with van der Waals surface area (Å²) >= 11 is 0. The van der Waals surface area contributed by atoms with Crippen LogP contribution >= 0.6 is 0 Å². The lowest BCUT2D eigenvalue weighted by molar-refractivity contribution is -0.122. The van der Waals surface area contributed by atoms with Crippen LogP contribution in [0.1, 0.15) is 30.9 Å². The molecule has 0 atom stereocenters. The third kappa shape index (κ3) is 6.01. The average molecular weight is 314 g/mol. The third-order valence-corrected chi connectivity index (χ3v) is 4.17. The Kier molecular flexibility index (Phi) is 7.05. The zero-order valence-electron chi connectivity index (χ0n) is 13.9. The lowest BCUT2D eigenvalue weighted by atomic mass is 10.1. The van der Waals surface area contributed by atoms with Gasteiger partial charge in [-0.05, 0) is 24.1 Å². The van der Waals surface area contributed by atoms with Crippen molar-refractivity contribution in [3.8, 4) is 6.07 Å². The maximum atomic E-state index is 11.8. The molecule has 0 radical (unpaired) electrons. The molecular weight excluding hydrogens is 288 g/mol. The maximum Gasteiger partial charge on any atom is 0.234 e. The summed E-state index contributed by atoms with van der Waals surface area (Å²) in [6.07, 6.45) is 2.15. The Morgan fingerprint density at radius 3 is 2.43 bits per heavy atom. The molecule has 5 nitrogen and oxygen atoms in total. The number of nitriles is 1.